The number of carbonyl (C=O) groups excluding carboxylic acids is 1. The van der Waals surface area contributed by atoms with Gasteiger partial charge in [-0.3, -0.25) is 4.79 Å². The van der Waals surface area contributed by atoms with E-state index in [4.69, 9.17) is 4.52 Å². The van der Waals surface area contributed by atoms with Gasteiger partial charge in [0.05, 0.1) is 11.3 Å². The van der Waals surface area contributed by atoms with E-state index in [0.29, 0.717) is 5.69 Å². The van der Waals surface area contributed by atoms with Crippen LogP contribution in [0.3, 0.4) is 0 Å². The second kappa shape index (κ2) is 3.89. The van der Waals surface area contributed by atoms with Crippen molar-refractivity contribution in [2.24, 2.45) is 0 Å². The summed E-state index contributed by atoms with van der Waals surface area (Å²) in [5, 5.41) is 3.71. The molecular weight excluding hydrogens is 329 g/mol. The van der Waals surface area contributed by atoms with Crippen molar-refractivity contribution >= 4 is 16.0 Å². The quantitative estimate of drug-likeness (QED) is 0.550. The van der Waals surface area contributed by atoms with Crippen LogP contribution in [-0.4, -0.2) is 10.9 Å². The monoisotopic (exact) mass is 339 g/mol. The first-order valence-electron chi connectivity index (χ1n) is 6.29. The van der Waals surface area contributed by atoms with Crippen LogP contribution in [0.15, 0.2) is 39.9 Å². The van der Waals surface area contributed by atoms with E-state index in [1.807, 2.05) is 0 Å². The zero-order chi connectivity index (χ0) is 16.2. The van der Waals surface area contributed by atoms with Crippen LogP contribution in [-0.2, 0) is 0 Å². The lowest BCUT2D eigenvalue weighted by Gasteiger charge is -2.40. The number of carbonyl (C=O) groups is 1. The molecule has 1 fully saturated rings. The summed E-state index contributed by atoms with van der Waals surface area (Å²) in [5.74, 6) is -0.487. The van der Waals surface area contributed by atoms with Crippen LogP contribution in [0.5, 0.6) is 0 Å². The van der Waals surface area contributed by atoms with E-state index in [9.17, 15) is 24.2 Å². The maximum atomic E-state index is 12.6. The number of aromatic nitrogens is 1. The topological polar surface area (TPSA) is 43.1 Å². The normalized spacial score (nSPS) is 18.6. The molecule has 3 nitrogen and oxygen atoms in total. The number of rotatable bonds is 4. The Morgan fingerprint density at radius 3 is 2.18 bits per heavy atom. The predicted octanol–water partition coefficient (Wildman–Crippen LogP) is 5.44. The van der Waals surface area contributed by atoms with Gasteiger partial charge in [-0.2, -0.15) is 0 Å². The molecule has 0 unspecified atom stereocenters. The van der Waals surface area contributed by atoms with E-state index in [-0.39, 0.29) is 29.2 Å². The zero-order valence-corrected chi connectivity index (χ0v) is 11.8. The van der Waals surface area contributed by atoms with Crippen molar-refractivity contribution in [1.82, 2.24) is 5.16 Å². The number of ketones is 1. The number of nitrogens with zero attached hydrogens (tertiary/aromatic N) is 1. The minimum Gasteiger partial charge on any atom is -0.364 e. The van der Waals surface area contributed by atoms with Gasteiger partial charge in [-0.05, 0) is 37.1 Å². The first-order valence-corrected chi connectivity index (χ1v) is 8.24. The van der Waals surface area contributed by atoms with E-state index >= 15 is 0 Å². The van der Waals surface area contributed by atoms with Crippen molar-refractivity contribution in [2.45, 2.75) is 23.7 Å². The minimum atomic E-state index is -9.72. The van der Waals surface area contributed by atoms with Crippen molar-refractivity contribution in [3.05, 3.63) is 47.3 Å². The first kappa shape index (κ1) is 15.0. The van der Waals surface area contributed by atoms with E-state index < -0.39 is 20.9 Å². The molecule has 0 saturated heterocycles. The van der Waals surface area contributed by atoms with Crippen molar-refractivity contribution in [2.75, 3.05) is 0 Å². The van der Waals surface area contributed by atoms with Crippen LogP contribution in [0.1, 0.15) is 40.4 Å². The molecule has 120 valence electrons. The molecule has 9 heteroatoms. The molecule has 22 heavy (non-hydrogen) atoms. The molecule has 1 aromatic heterocycles. The molecule has 1 saturated carbocycles. The van der Waals surface area contributed by atoms with Gasteiger partial charge >= 0.3 is 10.2 Å². The molecule has 0 amide bonds. The van der Waals surface area contributed by atoms with E-state index in [0.717, 1.165) is 31.2 Å². The number of benzene rings is 1. The highest BCUT2D eigenvalue weighted by molar-refractivity contribution is 8.45. The fraction of sp³-hybridized carbons (Fsp3) is 0.231. The molecule has 0 atom stereocenters. The van der Waals surface area contributed by atoms with Gasteiger partial charge in [0.15, 0.2) is 5.78 Å². The lowest BCUT2D eigenvalue weighted by molar-refractivity contribution is 0.103. The minimum absolute atomic E-state index is 0.113. The Balaban J connectivity index is 1.93. The summed E-state index contributed by atoms with van der Waals surface area (Å²) in [5.41, 5.74) is 0.486. The van der Waals surface area contributed by atoms with Gasteiger partial charge in [-0.25, -0.2) is 0 Å². The molecular formula is C13H10F5NO2S. The molecule has 2 aromatic rings. The van der Waals surface area contributed by atoms with Gasteiger partial charge < -0.3 is 4.52 Å². The summed E-state index contributed by atoms with van der Waals surface area (Å²) in [4.78, 5) is 10.2. The van der Waals surface area contributed by atoms with E-state index in [1.165, 1.54) is 0 Å². The molecule has 1 heterocycles. The maximum Gasteiger partial charge on any atom is 0.310 e. The molecule has 0 bridgehead atoms. The first-order chi connectivity index (χ1) is 9.95. The largest absolute Gasteiger partial charge is 0.364 e. The Kier molecular flexibility index (Phi) is 2.66. The lowest BCUT2D eigenvalue weighted by atomic mass is 10.0. The van der Waals surface area contributed by atoms with Crippen molar-refractivity contribution < 1.29 is 28.7 Å². The third kappa shape index (κ3) is 2.85. The third-order valence-corrected chi connectivity index (χ3v) is 4.53. The van der Waals surface area contributed by atoms with Crippen LogP contribution in [0, 0.1) is 0 Å². The van der Waals surface area contributed by atoms with Gasteiger partial charge in [0.2, 0.25) is 0 Å². The summed E-state index contributed by atoms with van der Waals surface area (Å²) in [6.45, 7) is 0. The number of hydrogen-bond acceptors (Lipinski definition) is 3. The third-order valence-electron chi connectivity index (χ3n) is 3.37. The van der Waals surface area contributed by atoms with Crippen molar-refractivity contribution in [3.8, 4) is 0 Å². The highest BCUT2D eigenvalue weighted by Gasteiger charge is 2.65. The highest BCUT2D eigenvalue weighted by atomic mass is 32.5. The summed E-state index contributed by atoms with van der Waals surface area (Å²) < 4.78 is 67.8. The Hall–Kier alpha value is -1.90. The van der Waals surface area contributed by atoms with Gasteiger partial charge in [-0.15, -0.1) is 0 Å². The van der Waals surface area contributed by atoms with Gasteiger partial charge in [0.25, 0.3) is 0 Å². The number of hydrogen-bond donors (Lipinski definition) is 0. The summed E-state index contributed by atoms with van der Waals surface area (Å²) in [6, 6.07) is 1.91. The van der Waals surface area contributed by atoms with E-state index in [1.54, 1.807) is 0 Å². The molecule has 0 spiro atoms. The van der Waals surface area contributed by atoms with Crippen molar-refractivity contribution in [1.29, 1.82) is 0 Å². The SMILES string of the molecule is O=C(c1ccc(S(F)(F)(F)(F)F)cc1)c1conc1C1CC1. The lowest BCUT2D eigenvalue weighted by Crippen LogP contribution is -2.08. The molecule has 0 N–H and O–H groups in total. The predicted molar refractivity (Wildman–Crippen MR) is 69.7 cm³/mol. The van der Waals surface area contributed by atoms with Crippen LogP contribution < -0.4 is 0 Å². The van der Waals surface area contributed by atoms with Gasteiger partial charge in [0, 0.05) is 11.5 Å². The van der Waals surface area contributed by atoms with Crippen LogP contribution in [0.25, 0.3) is 0 Å². The Morgan fingerprint density at radius 2 is 1.68 bits per heavy atom. The maximum absolute atomic E-state index is 12.6. The average Bonchev–Trinajstić information content (AvgIpc) is 3.13. The van der Waals surface area contributed by atoms with Gasteiger partial charge in [-0.1, -0.05) is 24.6 Å². The fourth-order valence-electron chi connectivity index (χ4n) is 2.09. The smallest absolute Gasteiger partial charge is 0.310 e. The summed E-state index contributed by atoms with van der Waals surface area (Å²) in [6.07, 6.45) is 2.83. The molecule has 0 radical (unpaired) electrons. The average molecular weight is 339 g/mol. The fourth-order valence-corrected chi connectivity index (χ4v) is 2.74. The Morgan fingerprint density at radius 1 is 1.09 bits per heavy atom. The Bertz CT molecular complexity index is 747. The summed E-state index contributed by atoms with van der Waals surface area (Å²) >= 11 is 0. The highest BCUT2D eigenvalue weighted by Crippen LogP contribution is 3.02. The summed E-state index contributed by atoms with van der Waals surface area (Å²) in [7, 11) is -9.72. The molecule has 3 rings (SSSR count). The molecule has 0 aliphatic heterocycles. The van der Waals surface area contributed by atoms with Crippen molar-refractivity contribution in [3.63, 3.8) is 0 Å². The van der Waals surface area contributed by atoms with Crippen LogP contribution in [0.4, 0.5) is 19.4 Å². The van der Waals surface area contributed by atoms with Crippen LogP contribution in [0.2, 0.25) is 0 Å². The van der Waals surface area contributed by atoms with E-state index in [2.05, 4.69) is 5.16 Å². The Labute approximate surface area is 121 Å². The number of halogens is 5. The standard InChI is InChI=1S/C13H10F5NO2S/c14-22(15,16,17,18)10-5-3-9(4-6-10)13(20)11-7-21-19-12(11)8-1-2-8/h3-8H,1-2H2. The molecule has 1 aliphatic carbocycles. The molecule has 1 aromatic carbocycles. The van der Waals surface area contributed by atoms with Gasteiger partial charge in [0.1, 0.15) is 11.2 Å². The second-order valence-corrected chi connectivity index (χ2v) is 7.62. The second-order valence-electron chi connectivity index (χ2n) is 5.21. The van der Waals surface area contributed by atoms with Crippen LogP contribution >= 0.6 is 10.2 Å². The molecule has 1 aliphatic rings. The zero-order valence-electron chi connectivity index (χ0n) is 10.9.